The maximum Gasteiger partial charge on any atom is 0.244 e. The van der Waals surface area contributed by atoms with Gasteiger partial charge in [0, 0.05) is 0 Å². The minimum atomic E-state index is -0.625. The average Bonchev–Trinajstić information content (AvgIpc) is 2.76. The molecular formula is C13H13N3O2. The zero-order valence-electron chi connectivity index (χ0n) is 10.0. The van der Waals surface area contributed by atoms with Crippen LogP contribution in [0.4, 0.5) is 5.69 Å². The van der Waals surface area contributed by atoms with Gasteiger partial charge >= 0.3 is 0 Å². The molecule has 1 aliphatic rings. The fourth-order valence-corrected chi connectivity index (χ4v) is 2.38. The maximum atomic E-state index is 12.3. The first-order chi connectivity index (χ1) is 8.72. The standard InChI is InChI=1S/C13H13N3O2/c1-2-4-8-12(17)15-10-6-3-5-9-11(10)16(7-14-9)13(8)18/h3,5-8H,2,4H2,1H3,(H,15,17). The third kappa shape index (κ3) is 1.44. The van der Waals surface area contributed by atoms with E-state index < -0.39 is 5.92 Å². The van der Waals surface area contributed by atoms with Crippen LogP contribution in [0.2, 0.25) is 0 Å². The van der Waals surface area contributed by atoms with E-state index in [-0.39, 0.29) is 11.8 Å². The predicted molar refractivity (Wildman–Crippen MR) is 67.4 cm³/mol. The highest BCUT2D eigenvalue weighted by Gasteiger charge is 2.32. The number of hydrogen-bond acceptors (Lipinski definition) is 3. The summed E-state index contributed by atoms with van der Waals surface area (Å²) >= 11 is 0. The molecule has 0 saturated carbocycles. The normalized spacial score (nSPS) is 18.8. The summed E-state index contributed by atoms with van der Waals surface area (Å²) in [5.41, 5.74) is 2.06. The predicted octanol–water partition coefficient (Wildman–Crippen LogP) is 2.04. The first-order valence-electron chi connectivity index (χ1n) is 6.03. The quantitative estimate of drug-likeness (QED) is 0.821. The number of nitrogens with zero attached hydrogens (tertiary/aromatic N) is 2. The van der Waals surface area contributed by atoms with Gasteiger partial charge in [0.25, 0.3) is 0 Å². The lowest BCUT2D eigenvalue weighted by Gasteiger charge is -2.10. The van der Waals surface area contributed by atoms with E-state index in [1.54, 1.807) is 6.07 Å². The van der Waals surface area contributed by atoms with Gasteiger partial charge in [0.2, 0.25) is 11.8 Å². The Labute approximate surface area is 104 Å². The number of aromatic nitrogens is 2. The van der Waals surface area contributed by atoms with Crippen LogP contribution in [0, 0.1) is 5.92 Å². The van der Waals surface area contributed by atoms with Gasteiger partial charge in [0.15, 0.2) is 0 Å². The van der Waals surface area contributed by atoms with Crippen LogP contribution >= 0.6 is 0 Å². The summed E-state index contributed by atoms with van der Waals surface area (Å²) in [5.74, 6) is -1.04. The zero-order valence-corrected chi connectivity index (χ0v) is 10.0. The number of rotatable bonds is 2. The van der Waals surface area contributed by atoms with Crippen LogP contribution in [0.15, 0.2) is 24.5 Å². The number of para-hydroxylation sites is 1. The second kappa shape index (κ2) is 3.94. The molecule has 5 heteroatoms. The summed E-state index contributed by atoms with van der Waals surface area (Å²) < 4.78 is 1.49. The van der Waals surface area contributed by atoms with Crippen molar-refractivity contribution >= 4 is 28.5 Å². The van der Waals surface area contributed by atoms with E-state index in [4.69, 9.17) is 0 Å². The summed E-state index contributed by atoms with van der Waals surface area (Å²) in [4.78, 5) is 28.6. The third-order valence-electron chi connectivity index (χ3n) is 3.26. The Bertz CT molecular complexity index is 645. The largest absolute Gasteiger partial charge is 0.324 e. The van der Waals surface area contributed by atoms with E-state index >= 15 is 0 Å². The van der Waals surface area contributed by atoms with Crippen molar-refractivity contribution in [2.45, 2.75) is 19.8 Å². The molecule has 92 valence electrons. The Kier molecular flexibility index (Phi) is 2.40. The molecule has 0 aliphatic carbocycles. The molecule has 0 radical (unpaired) electrons. The topological polar surface area (TPSA) is 64.0 Å². The van der Waals surface area contributed by atoms with Gasteiger partial charge in [-0.25, -0.2) is 4.98 Å². The summed E-state index contributed by atoms with van der Waals surface area (Å²) in [6, 6.07) is 5.44. The minimum Gasteiger partial charge on any atom is -0.324 e. The van der Waals surface area contributed by atoms with Crippen molar-refractivity contribution in [3.8, 4) is 0 Å². The van der Waals surface area contributed by atoms with Crippen LogP contribution in [0.25, 0.3) is 11.0 Å². The third-order valence-corrected chi connectivity index (χ3v) is 3.26. The smallest absolute Gasteiger partial charge is 0.244 e. The summed E-state index contributed by atoms with van der Waals surface area (Å²) in [6.45, 7) is 1.96. The molecule has 1 N–H and O–H groups in total. The van der Waals surface area contributed by atoms with E-state index in [1.807, 2.05) is 19.1 Å². The summed E-state index contributed by atoms with van der Waals surface area (Å²) in [5, 5.41) is 2.82. The van der Waals surface area contributed by atoms with Crippen LogP contribution in [-0.4, -0.2) is 21.4 Å². The Morgan fingerprint density at radius 3 is 3.00 bits per heavy atom. The van der Waals surface area contributed by atoms with Gasteiger partial charge in [-0.2, -0.15) is 0 Å². The second-order valence-electron chi connectivity index (χ2n) is 4.46. The van der Waals surface area contributed by atoms with Crippen molar-refractivity contribution in [2.75, 3.05) is 5.32 Å². The number of hydrogen-bond donors (Lipinski definition) is 1. The Morgan fingerprint density at radius 2 is 2.22 bits per heavy atom. The van der Waals surface area contributed by atoms with Crippen LogP contribution in [-0.2, 0) is 4.79 Å². The lowest BCUT2D eigenvalue weighted by Crippen LogP contribution is -2.30. The molecule has 1 aliphatic heterocycles. The first kappa shape index (κ1) is 11.0. The van der Waals surface area contributed by atoms with E-state index in [0.717, 1.165) is 11.9 Å². The van der Waals surface area contributed by atoms with Crippen molar-refractivity contribution < 1.29 is 9.59 Å². The minimum absolute atomic E-state index is 0.193. The second-order valence-corrected chi connectivity index (χ2v) is 4.46. The zero-order chi connectivity index (χ0) is 12.7. The van der Waals surface area contributed by atoms with Gasteiger partial charge in [-0.15, -0.1) is 0 Å². The van der Waals surface area contributed by atoms with Crippen LogP contribution in [0.3, 0.4) is 0 Å². The molecule has 0 saturated heterocycles. The first-order valence-corrected chi connectivity index (χ1v) is 6.03. The molecule has 3 rings (SSSR count). The molecule has 1 aromatic carbocycles. The fourth-order valence-electron chi connectivity index (χ4n) is 2.38. The molecule has 0 bridgehead atoms. The molecule has 0 spiro atoms. The molecule has 1 unspecified atom stereocenters. The molecular weight excluding hydrogens is 230 g/mol. The molecule has 5 nitrogen and oxygen atoms in total. The SMILES string of the molecule is CCCC1C(=O)Nc2cccc3ncn(c23)C1=O. The average molecular weight is 243 g/mol. The molecule has 18 heavy (non-hydrogen) atoms. The van der Waals surface area contributed by atoms with Crippen LogP contribution in [0.5, 0.6) is 0 Å². The number of amides is 1. The van der Waals surface area contributed by atoms with Crippen LogP contribution in [0.1, 0.15) is 24.6 Å². The lowest BCUT2D eigenvalue weighted by molar-refractivity contribution is -0.118. The number of nitrogens with one attached hydrogen (secondary N) is 1. The highest BCUT2D eigenvalue weighted by molar-refractivity contribution is 6.15. The Morgan fingerprint density at radius 1 is 1.39 bits per heavy atom. The molecule has 1 amide bonds. The van der Waals surface area contributed by atoms with Gasteiger partial charge < -0.3 is 5.32 Å². The molecule has 2 heterocycles. The van der Waals surface area contributed by atoms with Crippen molar-refractivity contribution in [3.05, 3.63) is 24.5 Å². The number of carbonyl (C=O) groups excluding carboxylic acids is 2. The number of carbonyl (C=O) groups is 2. The van der Waals surface area contributed by atoms with E-state index in [2.05, 4.69) is 10.3 Å². The highest BCUT2D eigenvalue weighted by Crippen LogP contribution is 2.28. The van der Waals surface area contributed by atoms with Gasteiger partial charge in [-0.05, 0) is 18.6 Å². The van der Waals surface area contributed by atoms with Gasteiger partial charge in [-0.1, -0.05) is 19.4 Å². The van der Waals surface area contributed by atoms with E-state index in [0.29, 0.717) is 17.6 Å². The Hall–Kier alpha value is -2.17. The van der Waals surface area contributed by atoms with E-state index in [9.17, 15) is 9.59 Å². The number of imidazole rings is 1. The highest BCUT2D eigenvalue weighted by atomic mass is 16.2. The Balaban J connectivity index is 2.22. The van der Waals surface area contributed by atoms with Crippen molar-refractivity contribution in [1.29, 1.82) is 0 Å². The fraction of sp³-hybridized carbons (Fsp3) is 0.308. The summed E-state index contributed by atoms with van der Waals surface area (Å²) in [6.07, 6.45) is 2.84. The monoisotopic (exact) mass is 243 g/mol. The number of benzene rings is 1. The molecule has 1 aromatic heterocycles. The van der Waals surface area contributed by atoms with E-state index in [1.165, 1.54) is 10.9 Å². The van der Waals surface area contributed by atoms with Gasteiger partial charge in [-0.3, -0.25) is 14.2 Å². The van der Waals surface area contributed by atoms with Gasteiger partial charge in [0.05, 0.1) is 16.7 Å². The maximum absolute atomic E-state index is 12.3. The molecule has 2 aromatic rings. The molecule has 1 atom stereocenters. The molecule has 0 fully saturated rings. The van der Waals surface area contributed by atoms with Crippen LogP contribution < -0.4 is 5.32 Å². The summed E-state index contributed by atoms with van der Waals surface area (Å²) in [7, 11) is 0. The van der Waals surface area contributed by atoms with Crippen molar-refractivity contribution in [2.24, 2.45) is 5.92 Å². The van der Waals surface area contributed by atoms with Crippen molar-refractivity contribution in [3.63, 3.8) is 0 Å². The van der Waals surface area contributed by atoms with Crippen molar-refractivity contribution in [1.82, 2.24) is 9.55 Å². The lowest BCUT2D eigenvalue weighted by atomic mass is 10.0. The van der Waals surface area contributed by atoms with Gasteiger partial charge in [0.1, 0.15) is 12.2 Å². The number of anilines is 1.